The van der Waals surface area contributed by atoms with Crippen molar-refractivity contribution < 1.29 is 18.0 Å². The standard InChI is InChI=1S/C25H27N3O4S/c1-3-28(15-24(29)26-19-12-13-33(31,32)16-19)25(30)21-14-23(18-10-8-17(2)9-11-18)27-22-7-5-4-6-20(21)22/h4-11,14,19H,3,12-13,15-16H2,1-2H3,(H,26,29)/t19-/m0/s1. The lowest BCUT2D eigenvalue weighted by Gasteiger charge is -2.22. The van der Waals surface area contributed by atoms with E-state index in [1.165, 1.54) is 4.90 Å². The van der Waals surface area contributed by atoms with E-state index >= 15 is 0 Å². The van der Waals surface area contributed by atoms with E-state index in [2.05, 4.69) is 5.32 Å². The second-order valence-corrected chi connectivity index (χ2v) is 10.7. The third-order valence-corrected chi connectivity index (χ3v) is 7.66. The molecular weight excluding hydrogens is 438 g/mol. The molecule has 4 rings (SSSR count). The first-order valence-corrected chi connectivity index (χ1v) is 12.8. The van der Waals surface area contributed by atoms with Crippen LogP contribution < -0.4 is 5.32 Å². The van der Waals surface area contributed by atoms with Crippen LogP contribution in [-0.4, -0.2) is 60.8 Å². The van der Waals surface area contributed by atoms with Gasteiger partial charge < -0.3 is 10.2 Å². The van der Waals surface area contributed by atoms with Crippen molar-refractivity contribution in [2.24, 2.45) is 0 Å². The molecule has 2 heterocycles. The van der Waals surface area contributed by atoms with Crippen LogP contribution in [0.25, 0.3) is 22.2 Å². The lowest BCUT2D eigenvalue weighted by molar-refractivity contribution is -0.122. The maximum atomic E-state index is 13.5. The molecule has 0 radical (unpaired) electrons. The third-order valence-electron chi connectivity index (χ3n) is 5.89. The van der Waals surface area contributed by atoms with Crippen molar-refractivity contribution in [3.63, 3.8) is 0 Å². The molecule has 1 N–H and O–H groups in total. The van der Waals surface area contributed by atoms with Crippen LogP contribution in [0.2, 0.25) is 0 Å². The average molecular weight is 466 g/mol. The number of amides is 2. The highest BCUT2D eigenvalue weighted by Crippen LogP contribution is 2.26. The number of para-hydroxylation sites is 1. The molecule has 0 aliphatic carbocycles. The van der Waals surface area contributed by atoms with Gasteiger partial charge in [-0.3, -0.25) is 9.59 Å². The first-order chi connectivity index (χ1) is 15.8. The van der Waals surface area contributed by atoms with Gasteiger partial charge in [-0.2, -0.15) is 0 Å². The van der Waals surface area contributed by atoms with Crippen LogP contribution in [0.3, 0.4) is 0 Å². The van der Waals surface area contributed by atoms with Crippen molar-refractivity contribution in [2.45, 2.75) is 26.3 Å². The van der Waals surface area contributed by atoms with E-state index in [0.717, 1.165) is 16.5 Å². The first kappa shape index (κ1) is 22.9. The number of nitrogens with zero attached hydrogens (tertiary/aromatic N) is 2. The zero-order valence-corrected chi connectivity index (χ0v) is 19.6. The minimum absolute atomic E-state index is 0.0479. The predicted molar refractivity (Wildman–Crippen MR) is 129 cm³/mol. The number of nitrogens with one attached hydrogen (secondary N) is 1. The summed E-state index contributed by atoms with van der Waals surface area (Å²) in [4.78, 5) is 32.3. The number of benzene rings is 2. The van der Waals surface area contributed by atoms with E-state index < -0.39 is 15.9 Å². The lowest BCUT2D eigenvalue weighted by atomic mass is 10.0. The van der Waals surface area contributed by atoms with E-state index in [1.54, 1.807) is 6.07 Å². The fourth-order valence-corrected chi connectivity index (χ4v) is 5.75. The molecule has 1 aliphatic heterocycles. The van der Waals surface area contributed by atoms with Crippen molar-refractivity contribution in [2.75, 3.05) is 24.6 Å². The van der Waals surface area contributed by atoms with Crippen molar-refractivity contribution in [1.82, 2.24) is 15.2 Å². The smallest absolute Gasteiger partial charge is 0.255 e. The molecule has 1 aromatic heterocycles. The number of hydrogen-bond donors (Lipinski definition) is 1. The molecule has 2 amide bonds. The number of aromatic nitrogens is 1. The summed E-state index contributed by atoms with van der Waals surface area (Å²) in [7, 11) is -3.09. The van der Waals surface area contributed by atoms with Gasteiger partial charge >= 0.3 is 0 Å². The highest BCUT2D eigenvalue weighted by molar-refractivity contribution is 7.91. The number of likely N-dealkylation sites (N-methyl/N-ethyl adjacent to an activating group) is 1. The quantitative estimate of drug-likeness (QED) is 0.604. The summed E-state index contributed by atoms with van der Waals surface area (Å²) >= 11 is 0. The van der Waals surface area contributed by atoms with Gasteiger partial charge in [-0.25, -0.2) is 13.4 Å². The number of hydrogen-bond acceptors (Lipinski definition) is 5. The number of carbonyl (C=O) groups is 2. The van der Waals surface area contributed by atoms with E-state index in [0.29, 0.717) is 29.7 Å². The molecule has 1 aliphatic rings. The molecular formula is C25H27N3O4S. The second-order valence-electron chi connectivity index (χ2n) is 8.43. The summed E-state index contributed by atoms with van der Waals surface area (Å²) in [6.07, 6.45) is 0.406. The Morgan fingerprint density at radius 1 is 1.12 bits per heavy atom. The molecule has 0 bridgehead atoms. The number of fused-ring (bicyclic) bond motifs is 1. The lowest BCUT2D eigenvalue weighted by Crippen LogP contribution is -2.44. The van der Waals surface area contributed by atoms with Crippen LogP contribution in [-0.2, 0) is 14.6 Å². The molecule has 1 fully saturated rings. The van der Waals surface area contributed by atoms with Gasteiger partial charge in [0, 0.05) is 23.5 Å². The molecule has 7 nitrogen and oxygen atoms in total. The van der Waals surface area contributed by atoms with Crippen molar-refractivity contribution in [1.29, 1.82) is 0 Å². The molecule has 172 valence electrons. The molecule has 1 saturated heterocycles. The Kier molecular flexibility index (Phi) is 6.47. The number of carbonyl (C=O) groups excluding carboxylic acids is 2. The van der Waals surface area contributed by atoms with E-state index in [-0.39, 0.29) is 29.9 Å². The van der Waals surface area contributed by atoms with Gasteiger partial charge in [-0.05, 0) is 32.4 Å². The van der Waals surface area contributed by atoms with Gasteiger partial charge in [-0.1, -0.05) is 48.0 Å². The Morgan fingerprint density at radius 2 is 1.85 bits per heavy atom. The summed E-state index contributed by atoms with van der Waals surface area (Å²) < 4.78 is 23.3. The zero-order chi connectivity index (χ0) is 23.6. The van der Waals surface area contributed by atoms with Gasteiger partial charge in [0.2, 0.25) is 5.91 Å². The Hall–Kier alpha value is -3.26. The number of sulfone groups is 1. The number of rotatable bonds is 6. The summed E-state index contributed by atoms with van der Waals surface area (Å²) in [5, 5.41) is 3.48. The molecule has 0 spiro atoms. The van der Waals surface area contributed by atoms with E-state index in [1.807, 2.05) is 62.4 Å². The third kappa shape index (κ3) is 5.22. The molecule has 1 atom stereocenters. The molecule has 2 aromatic carbocycles. The van der Waals surface area contributed by atoms with Crippen molar-refractivity contribution in [3.05, 3.63) is 65.7 Å². The number of pyridine rings is 1. The summed E-state index contributed by atoms with van der Waals surface area (Å²) in [5.41, 5.74) is 3.91. The minimum Gasteiger partial charge on any atom is -0.351 e. The molecule has 8 heteroatoms. The SMILES string of the molecule is CCN(CC(=O)N[C@H]1CCS(=O)(=O)C1)C(=O)c1cc(-c2ccc(C)cc2)nc2ccccc12. The van der Waals surface area contributed by atoms with Crippen LogP contribution in [0.4, 0.5) is 0 Å². The van der Waals surface area contributed by atoms with Gasteiger partial charge in [0.05, 0.1) is 34.8 Å². The maximum absolute atomic E-state index is 13.5. The monoisotopic (exact) mass is 465 g/mol. The Balaban J connectivity index is 1.61. The van der Waals surface area contributed by atoms with Crippen LogP contribution in [0.15, 0.2) is 54.6 Å². The predicted octanol–water partition coefficient (Wildman–Crippen LogP) is 2.98. The van der Waals surface area contributed by atoms with Crippen LogP contribution in [0.5, 0.6) is 0 Å². The molecule has 0 unspecified atom stereocenters. The number of aryl methyl sites for hydroxylation is 1. The molecule has 3 aromatic rings. The minimum atomic E-state index is -3.09. The van der Waals surface area contributed by atoms with Crippen LogP contribution >= 0.6 is 0 Å². The Bertz CT molecular complexity index is 1300. The molecule has 33 heavy (non-hydrogen) atoms. The second kappa shape index (κ2) is 9.31. The van der Waals surface area contributed by atoms with Crippen molar-refractivity contribution in [3.8, 4) is 11.3 Å². The van der Waals surface area contributed by atoms with Gasteiger partial charge in [0.1, 0.15) is 0 Å². The normalized spacial score (nSPS) is 17.1. The van der Waals surface area contributed by atoms with E-state index in [9.17, 15) is 18.0 Å². The van der Waals surface area contributed by atoms with Crippen LogP contribution in [0.1, 0.15) is 29.3 Å². The highest BCUT2D eigenvalue weighted by atomic mass is 32.2. The van der Waals surface area contributed by atoms with Crippen LogP contribution in [0, 0.1) is 6.92 Å². The van der Waals surface area contributed by atoms with Gasteiger partial charge in [0.25, 0.3) is 5.91 Å². The highest BCUT2D eigenvalue weighted by Gasteiger charge is 2.30. The van der Waals surface area contributed by atoms with E-state index in [4.69, 9.17) is 4.98 Å². The fourth-order valence-electron chi connectivity index (χ4n) is 4.08. The topological polar surface area (TPSA) is 96.4 Å². The fraction of sp³-hybridized carbons (Fsp3) is 0.320. The Labute approximate surface area is 193 Å². The zero-order valence-electron chi connectivity index (χ0n) is 18.7. The Morgan fingerprint density at radius 3 is 2.52 bits per heavy atom. The van der Waals surface area contributed by atoms with Gasteiger partial charge in [0.15, 0.2) is 9.84 Å². The summed E-state index contributed by atoms with van der Waals surface area (Å²) in [6.45, 7) is 4.03. The summed E-state index contributed by atoms with van der Waals surface area (Å²) in [5.74, 6) is -0.588. The average Bonchev–Trinajstić information content (AvgIpc) is 3.14. The summed E-state index contributed by atoms with van der Waals surface area (Å²) in [6, 6.07) is 16.8. The maximum Gasteiger partial charge on any atom is 0.255 e. The van der Waals surface area contributed by atoms with Gasteiger partial charge in [-0.15, -0.1) is 0 Å². The first-order valence-electron chi connectivity index (χ1n) is 11.0. The van der Waals surface area contributed by atoms with Crippen molar-refractivity contribution >= 4 is 32.6 Å². The largest absolute Gasteiger partial charge is 0.351 e. The molecule has 0 saturated carbocycles.